The van der Waals surface area contributed by atoms with Crippen molar-refractivity contribution in [1.29, 1.82) is 0 Å². The molecule has 21 heavy (non-hydrogen) atoms. The Morgan fingerprint density at radius 1 is 1.14 bits per heavy atom. The molecule has 0 spiro atoms. The first-order chi connectivity index (χ1) is 10.2. The minimum Gasteiger partial charge on any atom is -0.305 e. The number of nitrogens with one attached hydrogen (secondary N) is 1. The maximum Gasteiger partial charge on any atom is 0.258 e. The van der Waals surface area contributed by atoms with Gasteiger partial charge in [0.15, 0.2) is 0 Å². The van der Waals surface area contributed by atoms with E-state index in [9.17, 15) is 4.79 Å². The van der Waals surface area contributed by atoms with Gasteiger partial charge in [-0.25, -0.2) is 4.98 Å². The molecule has 0 bridgehead atoms. The second-order valence-corrected chi connectivity index (χ2v) is 5.03. The maximum absolute atomic E-state index is 12.0. The summed E-state index contributed by atoms with van der Waals surface area (Å²) in [5.41, 5.74) is 2.60. The van der Waals surface area contributed by atoms with E-state index in [4.69, 9.17) is 0 Å². The van der Waals surface area contributed by atoms with Crippen LogP contribution in [-0.2, 0) is 6.54 Å². The van der Waals surface area contributed by atoms with Crippen molar-refractivity contribution in [2.75, 3.05) is 0 Å². The first-order valence-electron chi connectivity index (χ1n) is 7.00. The van der Waals surface area contributed by atoms with Crippen molar-refractivity contribution in [2.45, 2.75) is 19.5 Å². The molecule has 0 fully saturated rings. The van der Waals surface area contributed by atoms with Crippen molar-refractivity contribution in [2.24, 2.45) is 0 Å². The standard InChI is InChI=1S/C17H17N3O/c1-13(14-7-3-2-4-8-14)18-12-15-11-17(21)20-10-6-5-9-16(20)19-15/h2-11,13,18H,12H2,1H3. The first-order valence-corrected chi connectivity index (χ1v) is 7.00. The Labute approximate surface area is 123 Å². The minimum absolute atomic E-state index is 0.0511. The number of rotatable bonds is 4. The molecular formula is C17H17N3O. The van der Waals surface area contributed by atoms with Crippen molar-refractivity contribution >= 4 is 5.65 Å². The van der Waals surface area contributed by atoms with Gasteiger partial charge >= 0.3 is 0 Å². The molecule has 0 saturated carbocycles. The lowest BCUT2D eigenvalue weighted by Gasteiger charge is -2.14. The summed E-state index contributed by atoms with van der Waals surface area (Å²) in [5, 5.41) is 3.40. The SMILES string of the molecule is CC(NCc1cc(=O)n2ccccc2n1)c1ccccc1. The molecule has 0 amide bonds. The van der Waals surface area contributed by atoms with E-state index in [-0.39, 0.29) is 11.6 Å². The minimum atomic E-state index is -0.0511. The van der Waals surface area contributed by atoms with Gasteiger partial charge in [0.1, 0.15) is 5.65 Å². The number of pyridine rings is 1. The highest BCUT2D eigenvalue weighted by molar-refractivity contribution is 5.38. The highest BCUT2D eigenvalue weighted by Crippen LogP contribution is 2.11. The average molecular weight is 279 g/mol. The van der Waals surface area contributed by atoms with Crippen LogP contribution in [0.15, 0.2) is 65.6 Å². The van der Waals surface area contributed by atoms with Crippen LogP contribution >= 0.6 is 0 Å². The van der Waals surface area contributed by atoms with E-state index in [2.05, 4.69) is 29.4 Å². The largest absolute Gasteiger partial charge is 0.305 e. The lowest BCUT2D eigenvalue weighted by Crippen LogP contribution is -2.22. The molecular weight excluding hydrogens is 262 g/mol. The number of hydrogen-bond acceptors (Lipinski definition) is 3. The van der Waals surface area contributed by atoms with Gasteiger partial charge in [0.2, 0.25) is 0 Å². The maximum atomic E-state index is 12.0. The fourth-order valence-electron chi connectivity index (χ4n) is 2.31. The van der Waals surface area contributed by atoms with E-state index in [1.54, 1.807) is 16.7 Å². The highest BCUT2D eigenvalue weighted by Gasteiger charge is 2.06. The van der Waals surface area contributed by atoms with Crippen LogP contribution in [-0.4, -0.2) is 9.38 Å². The van der Waals surface area contributed by atoms with Crippen LogP contribution in [0.1, 0.15) is 24.2 Å². The number of aromatic nitrogens is 2. The molecule has 3 rings (SSSR count). The fourth-order valence-corrected chi connectivity index (χ4v) is 2.31. The lowest BCUT2D eigenvalue weighted by molar-refractivity contribution is 0.567. The highest BCUT2D eigenvalue weighted by atomic mass is 16.1. The zero-order valence-electron chi connectivity index (χ0n) is 11.9. The van der Waals surface area contributed by atoms with Crippen molar-refractivity contribution in [1.82, 2.24) is 14.7 Å². The molecule has 2 heterocycles. The van der Waals surface area contributed by atoms with E-state index in [1.165, 1.54) is 5.56 Å². The van der Waals surface area contributed by atoms with E-state index < -0.39 is 0 Å². The Morgan fingerprint density at radius 2 is 1.90 bits per heavy atom. The van der Waals surface area contributed by atoms with Crippen LogP contribution in [0.25, 0.3) is 5.65 Å². The number of benzene rings is 1. The van der Waals surface area contributed by atoms with Gasteiger partial charge in [-0.15, -0.1) is 0 Å². The summed E-state index contributed by atoms with van der Waals surface area (Å²) in [6, 6.07) is 17.5. The van der Waals surface area contributed by atoms with Crippen LogP contribution in [0.3, 0.4) is 0 Å². The van der Waals surface area contributed by atoms with Crippen molar-refractivity contribution in [3.05, 3.63) is 82.4 Å². The van der Waals surface area contributed by atoms with Gasteiger partial charge in [-0.05, 0) is 24.6 Å². The third-order valence-electron chi connectivity index (χ3n) is 3.51. The monoisotopic (exact) mass is 279 g/mol. The predicted molar refractivity (Wildman–Crippen MR) is 83.2 cm³/mol. The van der Waals surface area contributed by atoms with E-state index in [1.807, 2.05) is 36.4 Å². The normalized spacial score (nSPS) is 12.4. The molecule has 0 aliphatic carbocycles. The van der Waals surface area contributed by atoms with Crippen LogP contribution in [0.2, 0.25) is 0 Å². The number of fused-ring (bicyclic) bond motifs is 1. The molecule has 2 aromatic heterocycles. The third kappa shape index (κ3) is 3.01. The second kappa shape index (κ2) is 5.89. The zero-order chi connectivity index (χ0) is 14.7. The average Bonchev–Trinajstić information content (AvgIpc) is 2.53. The summed E-state index contributed by atoms with van der Waals surface area (Å²) in [5.74, 6) is 0. The quantitative estimate of drug-likeness (QED) is 0.798. The van der Waals surface area contributed by atoms with Crippen molar-refractivity contribution < 1.29 is 0 Å². The molecule has 106 valence electrons. The van der Waals surface area contributed by atoms with Crippen molar-refractivity contribution in [3.8, 4) is 0 Å². The topological polar surface area (TPSA) is 46.4 Å². The Bertz CT molecular complexity index is 796. The molecule has 0 radical (unpaired) electrons. The molecule has 1 aromatic carbocycles. The first kappa shape index (κ1) is 13.5. The van der Waals surface area contributed by atoms with Gasteiger partial charge in [0, 0.05) is 24.8 Å². The molecule has 0 saturated heterocycles. The van der Waals surface area contributed by atoms with Crippen molar-refractivity contribution in [3.63, 3.8) is 0 Å². The third-order valence-corrected chi connectivity index (χ3v) is 3.51. The van der Waals surface area contributed by atoms with E-state index in [0.29, 0.717) is 12.2 Å². The molecule has 1 unspecified atom stereocenters. The molecule has 4 nitrogen and oxygen atoms in total. The predicted octanol–water partition coefficient (Wildman–Crippen LogP) is 2.55. The van der Waals surface area contributed by atoms with Crippen LogP contribution in [0, 0.1) is 0 Å². The summed E-state index contributed by atoms with van der Waals surface area (Å²) in [6.07, 6.45) is 1.73. The van der Waals surface area contributed by atoms with Gasteiger partial charge in [0.05, 0.1) is 5.69 Å². The molecule has 0 aliphatic rings. The van der Waals surface area contributed by atoms with Crippen LogP contribution in [0.5, 0.6) is 0 Å². The second-order valence-electron chi connectivity index (χ2n) is 5.03. The Hall–Kier alpha value is -2.46. The number of nitrogens with zero attached hydrogens (tertiary/aromatic N) is 2. The van der Waals surface area contributed by atoms with Crippen LogP contribution < -0.4 is 10.9 Å². The Balaban J connectivity index is 1.78. The summed E-state index contributed by atoms with van der Waals surface area (Å²) in [4.78, 5) is 16.5. The molecule has 4 heteroatoms. The van der Waals surface area contributed by atoms with Gasteiger partial charge in [-0.1, -0.05) is 36.4 Å². The van der Waals surface area contributed by atoms with Gasteiger partial charge in [-0.3, -0.25) is 9.20 Å². The molecule has 1 N–H and O–H groups in total. The Kier molecular flexibility index (Phi) is 3.79. The van der Waals surface area contributed by atoms with Gasteiger partial charge < -0.3 is 5.32 Å². The van der Waals surface area contributed by atoms with Gasteiger partial charge in [0.25, 0.3) is 5.56 Å². The zero-order valence-corrected chi connectivity index (χ0v) is 11.9. The van der Waals surface area contributed by atoms with Gasteiger partial charge in [-0.2, -0.15) is 0 Å². The smallest absolute Gasteiger partial charge is 0.258 e. The lowest BCUT2D eigenvalue weighted by atomic mass is 10.1. The Morgan fingerprint density at radius 3 is 2.71 bits per heavy atom. The summed E-state index contributed by atoms with van der Waals surface area (Å²) >= 11 is 0. The molecule has 0 aliphatic heterocycles. The number of hydrogen-bond donors (Lipinski definition) is 1. The fraction of sp³-hybridized carbons (Fsp3) is 0.176. The van der Waals surface area contributed by atoms with E-state index in [0.717, 1.165) is 5.69 Å². The summed E-state index contributed by atoms with van der Waals surface area (Å²) in [6.45, 7) is 2.67. The molecule has 3 aromatic rings. The summed E-state index contributed by atoms with van der Waals surface area (Å²) < 4.78 is 1.55. The molecule has 1 atom stereocenters. The van der Waals surface area contributed by atoms with Crippen LogP contribution in [0.4, 0.5) is 0 Å². The van der Waals surface area contributed by atoms with E-state index >= 15 is 0 Å². The summed E-state index contributed by atoms with van der Waals surface area (Å²) in [7, 11) is 0.